The Hall–Kier alpha value is -3.55. The molecule has 0 amide bonds. The topological polar surface area (TPSA) is 23.8 Å². The maximum Gasteiger partial charge on any atom is 0.0991 e. The summed E-state index contributed by atoms with van der Waals surface area (Å²) in [5, 5.41) is 9.03. The number of nitrogens with zero attached hydrogens (tertiary/aromatic N) is 1. The molecule has 0 fully saturated rings. The predicted molar refractivity (Wildman–Crippen MR) is 113 cm³/mol. The minimum atomic E-state index is 0.661. The van der Waals surface area contributed by atoms with Crippen LogP contribution in [-0.2, 0) is 0 Å². The van der Waals surface area contributed by atoms with E-state index in [-0.39, 0.29) is 0 Å². The Balaban J connectivity index is 2.10. The number of benzene rings is 3. The molecule has 27 heavy (non-hydrogen) atoms. The molecule has 0 aliphatic heterocycles. The minimum Gasteiger partial charge on any atom is -0.192 e. The molecule has 0 aliphatic carbocycles. The summed E-state index contributed by atoms with van der Waals surface area (Å²) in [5.74, 6) is 6.68. The molecule has 1 nitrogen and oxygen atoms in total. The highest BCUT2D eigenvalue weighted by molar-refractivity contribution is 5.98. The summed E-state index contributed by atoms with van der Waals surface area (Å²) in [5.41, 5.74) is 8.38. The van der Waals surface area contributed by atoms with Crippen molar-refractivity contribution in [1.82, 2.24) is 0 Å². The zero-order valence-corrected chi connectivity index (χ0v) is 15.9. The van der Waals surface area contributed by atoms with Crippen LogP contribution in [0.3, 0.4) is 0 Å². The molecular formula is C26H21N. The smallest absolute Gasteiger partial charge is 0.0991 e. The van der Waals surface area contributed by atoms with Gasteiger partial charge >= 0.3 is 0 Å². The molecule has 0 atom stereocenters. The van der Waals surface area contributed by atoms with Crippen molar-refractivity contribution in [3.8, 4) is 17.9 Å². The second kappa shape index (κ2) is 8.22. The fourth-order valence-corrected chi connectivity index (χ4v) is 2.81. The summed E-state index contributed by atoms with van der Waals surface area (Å²) in [7, 11) is 0. The predicted octanol–water partition coefficient (Wildman–Crippen LogP) is 6.16. The van der Waals surface area contributed by atoms with Crippen LogP contribution in [0, 0.1) is 37.0 Å². The minimum absolute atomic E-state index is 0.661. The quantitative estimate of drug-likeness (QED) is 0.402. The molecule has 1 heteroatoms. The molecule has 0 saturated carbocycles. The van der Waals surface area contributed by atoms with Crippen molar-refractivity contribution >= 4 is 11.1 Å². The summed E-state index contributed by atoms with van der Waals surface area (Å²) in [6.45, 7) is 6.24. The van der Waals surface area contributed by atoms with Crippen LogP contribution < -0.4 is 0 Å². The van der Waals surface area contributed by atoms with Gasteiger partial charge in [-0.25, -0.2) is 0 Å². The molecule has 0 aromatic heterocycles. The van der Waals surface area contributed by atoms with Gasteiger partial charge in [0.25, 0.3) is 0 Å². The number of hydrogen-bond acceptors (Lipinski definition) is 1. The summed E-state index contributed by atoms with van der Waals surface area (Å²) in [6, 6.07) is 26.5. The van der Waals surface area contributed by atoms with Gasteiger partial charge < -0.3 is 0 Å². The van der Waals surface area contributed by atoms with Gasteiger partial charge in [0.05, 0.1) is 11.6 Å². The van der Waals surface area contributed by atoms with Gasteiger partial charge in [-0.3, -0.25) is 0 Å². The Labute approximate surface area is 161 Å². The lowest BCUT2D eigenvalue weighted by molar-refractivity contribution is 1.45. The Bertz CT molecular complexity index is 1060. The fraction of sp³-hybridized carbons (Fsp3) is 0.115. The van der Waals surface area contributed by atoms with E-state index in [0.29, 0.717) is 5.56 Å². The van der Waals surface area contributed by atoms with Crippen molar-refractivity contribution in [1.29, 1.82) is 5.26 Å². The summed E-state index contributed by atoms with van der Waals surface area (Å²) >= 11 is 0. The van der Waals surface area contributed by atoms with E-state index in [1.54, 1.807) is 0 Å². The zero-order chi connectivity index (χ0) is 19.2. The molecule has 0 bridgehead atoms. The summed E-state index contributed by atoms with van der Waals surface area (Å²) in [6.07, 6.45) is 0. The first-order valence-corrected chi connectivity index (χ1v) is 8.94. The molecule has 0 spiro atoms. The largest absolute Gasteiger partial charge is 0.192 e. The molecule has 0 heterocycles. The van der Waals surface area contributed by atoms with Gasteiger partial charge in [0.1, 0.15) is 0 Å². The van der Waals surface area contributed by atoms with Crippen LogP contribution in [0.15, 0.2) is 72.8 Å². The van der Waals surface area contributed by atoms with Gasteiger partial charge in [-0.1, -0.05) is 71.5 Å². The second-order valence-electron chi connectivity index (χ2n) is 6.67. The zero-order valence-electron chi connectivity index (χ0n) is 15.9. The number of nitriles is 1. The van der Waals surface area contributed by atoms with Gasteiger partial charge in [0, 0.05) is 11.1 Å². The number of hydrogen-bond donors (Lipinski definition) is 0. The molecule has 0 aliphatic rings. The molecule has 3 aromatic rings. The van der Waals surface area contributed by atoms with E-state index >= 15 is 0 Å². The van der Waals surface area contributed by atoms with Gasteiger partial charge in [-0.2, -0.15) is 5.26 Å². The first kappa shape index (κ1) is 18.2. The number of allylic oxidation sites excluding steroid dienone is 2. The van der Waals surface area contributed by atoms with Gasteiger partial charge in [-0.15, -0.1) is 0 Å². The van der Waals surface area contributed by atoms with Crippen LogP contribution in [0.4, 0.5) is 0 Å². The van der Waals surface area contributed by atoms with Crippen molar-refractivity contribution in [3.63, 3.8) is 0 Å². The van der Waals surface area contributed by atoms with E-state index in [9.17, 15) is 0 Å². The molecule has 0 saturated heterocycles. The third kappa shape index (κ3) is 4.55. The average molecular weight is 347 g/mol. The van der Waals surface area contributed by atoms with E-state index in [2.05, 4.69) is 75.1 Å². The van der Waals surface area contributed by atoms with Gasteiger partial charge in [0.15, 0.2) is 0 Å². The standard InChI is InChI=1S/C26H21N/c1-19-4-8-22(9-5-19)12-17-26(25-13-6-20(2)7-14-25)21(3)24-15-10-23(18-27)11-16-24/h4-11,13-16H,1-3H3/b26-21+. The fourth-order valence-electron chi connectivity index (χ4n) is 2.81. The van der Waals surface area contributed by atoms with Crippen LogP contribution in [0.5, 0.6) is 0 Å². The Morgan fingerprint density at radius 3 is 1.70 bits per heavy atom. The van der Waals surface area contributed by atoms with E-state index < -0.39 is 0 Å². The van der Waals surface area contributed by atoms with Gasteiger partial charge in [-0.05, 0) is 61.7 Å². The lowest BCUT2D eigenvalue weighted by Crippen LogP contribution is -1.89. The molecule has 130 valence electrons. The molecule has 3 rings (SSSR count). The van der Waals surface area contributed by atoms with Crippen LogP contribution in [0.1, 0.15) is 40.3 Å². The van der Waals surface area contributed by atoms with Crippen molar-refractivity contribution in [2.24, 2.45) is 0 Å². The lowest BCUT2D eigenvalue weighted by Gasteiger charge is -2.09. The van der Waals surface area contributed by atoms with Crippen LogP contribution in [0.25, 0.3) is 11.1 Å². The molecular weight excluding hydrogens is 326 g/mol. The molecule has 0 radical (unpaired) electrons. The molecule has 0 unspecified atom stereocenters. The molecule has 0 N–H and O–H groups in total. The maximum absolute atomic E-state index is 9.03. The van der Waals surface area contributed by atoms with Crippen molar-refractivity contribution in [2.75, 3.05) is 0 Å². The third-order valence-corrected chi connectivity index (χ3v) is 4.55. The monoisotopic (exact) mass is 347 g/mol. The second-order valence-corrected chi connectivity index (χ2v) is 6.67. The highest BCUT2D eigenvalue weighted by atomic mass is 14.2. The van der Waals surface area contributed by atoms with Gasteiger partial charge in [0.2, 0.25) is 0 Å². The van der Waals surface area contributed by atoms with E-state index in [4.69, 9.17) is 5.26 Å². The molecule has 3 aromatic carbocycles. The van der Waals surface area contributed by atoms with Crippen molar-refractivity contribution in [3.05, 3.63) is 106 Å². The summed E-state index contributed by atoms with van der Waals surface area (Å²) in [4.78, 5) is 0. The van der Waals surface area contributed by atoms with Crippen LogP contribution in [-0.4, -0.2) is 0 Å². The van der Waals surface area contributed by atoms with Crippen LogP contribution in [0.2, 0.25) is 0 Å². The summed E-state index contributed by atoms with van der Waals surface area (Å²) < 4.78 is 0. The van der Waals surface area contributed by atoms with Crippen molar-refractivity contribution < 1.29 is 0 Å². The van der Waals surface area contributed by atoms with E-state index in [0.717, 1.165) is 27.8 Å². The van der Waals surface area contributed by atoms with Crippen LogP contribution >= 0.6 is 0 Å². The SMILES string of the molecule is C/C(=C(/C#Cc1ccc(C)cc1)c1ccc(C)cc1)c1ccc(C#N)cc1. The number of aryl methyl sites for hydroxylation is 2. The Morgan fingerprint density at radius 1 is 0.667 bits per heavy atom. The third-order valence-electron chi connectivity index (χ3n) is 4.55. The van der Waals surface area contributed by atoms with E-state index in [1.807, 2.05) is 36.4 Å². The van der Waals surface area contributed by atoms with E-state index in [1.165, 1.54) is 11.1 Å². The highest BCUT2D eigenvalue weighted by Gasteiger charge is 2.06. The first-order valence-electron chi connectivity index (χ1n) is 8.94. The normalized spacial score (nSPS) is 11.0. The highest BCUT2D eigenvalue weighted by Crippen LogP contribution is 2.26. The maximum atomic E-state index is 9.03. The first-order chi connectivity index (χ1) is 13.1. The Morgan fingerprint density at radius 2 is 1.15 bits per heavy atom. The van der Waals surface area contributed by atoms with Crippen molar-refractivity contribution in [2.45, 2.75) is 20.8 Å². The number of rotatable bonds is 2. The Kier molecular flexibility index (Phi) is 5.55. The lowest BCUT2D eigenvalue weighted by atomic mass is 9.94. The average Bonchev–Trinajstić information content (AvgIpc) is 2.70.